The summed E-state index contributed by atoms with van der Waals surface area (Å²) in [6.45, 7) is 4.72. The lowest BCUT2D eigenvalue weighted by Crippen LogP contribution is -2.15. The standard InChI is InChI=1S/C51H36N2/c1-51(2)45-17-9-6-14-39(45)40-29-28-38(30-46(40)51)53-48-19-11-8-16-42(48)44-31-43-41-15-7-10-18-47(41)52(49(43)32-50(44)53)37-26-24-36(25-27-37)35-22-20-34(21-23-35)33-12-4-3-5-13-33/h3-32H,1-2H3. The number of para-hydroxylation sites is 2. The normalized spacial score (nSPS) is 13.2. The van der Waals surface area contributed by atoms with Crippen molar-refractivity contribution in [2.24, 2.45) is 0 Å². The van der Waals surface area contributed by atoms with E-state index in [1.165, 1.54) is 93.8 Å². The van der Waals surface area contributed by atoms with E-state index in [0.717, 1.165) is 5.69 Å². The van der Waals surface area contributed by atoms with Crippen LogP contribution in [0.25, 0.3) is 88.4 Å². The average molecular weight is 677 g/mol. The van der Waals surface area contributed by atoms with Gasteiger partial charge in [-0.1, -0.05) is 147 Å². The highest BCUT2D eigenvalue weighted by molar-refractivity contribution is 6.19. The van der Waals surface area contributed by atoms with Gasteiger partial charge in [0.1, 0.15) is 0 Å². The predicted octanol–water partition coefficient (Wildman–Crippen LogP) is 13.5. The summed E-state index contributed by atoms with van der Waals surface area (Å²) in [4.78, 5) is 0. The molecule has 1 aliphatic rings. The van der Waals surface area contributed by atoms with E-state index in [-0.39, 0.29) is 5.41 Å². The van der Waals surface area contributed by atoms with Gasteiger partial charge in [-0.2, -0.15) is 0 Å². The lowest BCUT2D eigenvalue weighted by molar-refractivity contribution is 0.660. The molecule has 0 radical (unpaired) electrons. The van der Waals surface area contributed by atoms with Crippen LogP contribution in [0.5, 0.6) is 0 Å². The average Bonchev–Trinajstić information content (AvgIpc) is 3.80. The zero-order valence-electron chi connectivity index (χ0n) is 29.7. The van der Waals surface area contributed by atoms with Gasteiger partial charge in [0.25, 0.3) is 0 Å². The van der Waals surface area contributed by atoms with Crippen LogP contribution in [0.1, 0.15) is 25.0 Å². The third-order valence-corrected chi connectivity index (χ3v) is 11.7. The van der Waals surface area contributed by atoms with Crippen LogP contribution >= 0.6 is 0 Å². The molecule has 0 unspecified atom stereocenters. The molecule has 11 rings (SSSR count). The second kappa shape index (κ2) is 11.2. The van der Waals surface area contributed by atoms with Crippen LogP contribution in [0.15, 0.2) is 182 Å². The topological polar surface area (TPSA) is 9.86 Å². The first-order valence-electron chi connectivity index (χ1n) is 18.5. The summed E-state index contributed by atoms with van der Waals surface area (Å²) in [5.74, 6) is 0. The lowest BCUT2D eigenvalue weighted by atomic mass is 9.82. The first kappa shape index (κ1) is 30.0. The first-order valence-corrected chi connectivity index (χ1v) is 18.5. The third-order valence-electron chi connectivity index (χ3n) is 11.7. The number of aromatic nitrogens is 2. The number of rotatable bonds is 4. The molecule has 0 saturated carbocycles. The fourth-order valence-electron chi connectivity index (χ4n) is 9.11. The Morgan fingerprint density at radius 3 is 1.43 bits per heavy atom. The molecule has 0 fully saturated rings. The van der Waals surface area contributed by atoms with Crippen molar-refractivity contribution in [2.75, 3.05) is 0 Å². The largest absolute Gasteiger partial charge is 0.309 e. The van der Waals surface area contributed by atoms with Crippen molar-refractivity contribution in [3.63, 3.8) is 0 Å². The molecule has 1 aliphatic carbocycles. The summed E-state index contributed by atoms with van der Waals surface area (Å²) in [5.41, 5.74) is 17.5. The molecule has 2 heterocycles. The molecule has 10 aromatic rings. The monoisotopic (exact) mass is 676 g/mol. The van der Waals surface area contributed by atoms with Crippen LogP contribution in [0, 0.1) is 0 Å². The first-order chi connectivity index (χ1) is 26.0. The van der Waals surface area contributed by atoms with Crippen LogP contribution in [0.2, 0.25) is 0 Å². The zero-order chi connectivity index (χ0) is 35.3. The number of hydrogen-bond donors (Lipinski definition) is 0. The van der Waals surface area contributed by atoms with Crippen LogP contribution in [-0.4, -0.2) is 9.13 Å². The molecule has 0 amide bonds. The Bertz CT molecular complexity index is 3050. The van der Waals surface area contributed by atoms with E-state index in [9.17, 15) is 0 Å². The minimum Gasteiger partial charge on any atom is -0.309 e. The second-order valence-corrected chi connectivity index (χ2v) is 15.0. The Kier molecular flexibility index (Phi) is 6.33. The highest BCUT2D eigenvalue weighted by Crippen LogP contribution is 2.49. The second-order valence-electron chi connectivity index (χ2n) is 15.0. The molecule has 0 atom stereocenters. The fourth-order valence-corrected chi connectivity index (χ4v) is 9.11. The number of fused-ring (bicyclic) bond motifs is 9. The van der Waals surface area contributed by atoms with Gasteiger partial charge in [0, 0.05) is 38.3 Å². The van der Waals surface area contributed by atoms with Crippen LogP contribution < -0.4 is 0 Å². The van der Waals surface area contributed by atoms with Gasteiger partial charge in [0.2, 0.25) is 0 Å². The maximum absolute atomic E-state index is 2.48. The van der Waals surface area contributed by atoms with Gasteiger partial charge < -0.3 is 9.13 Å². The van der Waals surface area contributed by atoms with E-state index in [4.69, 9.17) is 0 Å². The highest BCUT2D eigenvalue weighted by Gasteiger charge is 2.35. The Labute approximate surface area is 308 Å². The van der Waals surface area contributed by atoms with Crippen molar-refractivity contribution in [3.8, 4) is 44.8 Å². The minimum absolute atomic E-state index is 0.0729. The van der Waals surface area contributed by atoms with Crippen molar-refractivity contribution in [3.05, 3.63) is 193 Å². The molecule has 0 saturated heterocycles. The van der Waals surface area contributed by atoms with Crippen molar-refractivity contribution < 1.29 is 0 Å². The van der Waals surface area contributed by atoms with E-state index in [1.807, 2.05) is 0 Å². The van der Waals surface area contributed by atoms with Crippen LogP contribution in [0.3, 0.4) is 0 Å². The van der Waals surface area contributed by atoms with Crippen LogP contribution in [-0.2, 0) is 5.41 Å². The van der Waals surface area contributed by atoms with Gasteiger partial charge in [-0.15, -0.1) is 0 Å². The van der Waals surface area contributed by atoms with Gasteiger partial charge in [-0.05, 0) is 93.0 Å². The van der Waals surface area contributed by atoms with Crippen molar-refractivity contribution in [2.45, 2.75) is 19.3 Å². The molecule has 0 spiro atoms. The fraction of sp³-hybridized carbons (Fsp3) is 0.0588. The Morgan fingerprint density at radius 1 is 0.321 bits per heavy atom. The minimum atomic E-state index is -0.0729. The molecule has 0 bridgehead atoms. The van der Waals surface area contributed by atoms with Gasteiger partial charge in [0.15, 0.2) is 0 Å². The van der Waals surface area contributed by atoms with E-state index in [1.54, 1.807) is 0 Å². The summed E-state index contributed by atoms with van der Waals surface area (Å²) < 4.78 is 4.92. The molecule has 53 heavy (non-hydrogen) atoms. The third kappa shape index (κ3) is 4.39. The molecule has 8 aromatic carbocycles. The summed E-state index contributed by atoms with van der Waals surface area (Å²) in [7, 11) is 0. The Hall–Kier alpha value is -6.64. The quantitative estimate of drug-likeness (QED) is 0.176. The van der Waals surface area contributed by atoms with E-state index >= 15 is 0 Å². The molecule has 2 nitrogen and oxygen atoms in total. The smallest absolute Gasteiger partial charge is 0.0562 e. The van der Waals surface area contributed by atoms with Gasteiger partial charge in [-0.25, -0.2) is 0 Å². The maximum atomic E-state index is 2.48. The molecular formula is C51H36N2. The van der Waals surface area contributed by atoms with Crippen molar-refractivity contribution >= 4 is 43.6 Å². The Balaban J connectivity index is 1.09. The van der Waals surface area contributed by atoms with Gasteiger partial charge in [0.05, 0.1) is 22.1 Å². The van der Waals surface area contributed by atoms with Crippen molar-refractivity contribution in [1.29, 1.82) is 0 Å². The van der Waals surface area contributed by atoms with Crippen LogP contribution in [0.4, 0.5) is 0 Å². The molecular weight excluding hydrogens is 641 g/mol. The molecule has 0 aliphatic heterocycles. The molecule has 250 valence electrons. The molecule has 2 heteroatoms. The van der Waals surface area contributed by atoms with E-state index < -0.39 is 0 Å². The molecule has 0 N–H and O–H groups in total. The molecule has 2 aromatic heterocycles. The number of nitrogens with zero attached hydrogens (tertiary/aromatic N) is 2. The summed E-state index contributed by atoms with van der Waals surface area (Å²) in [6.07, 6.45) is 0. The van der Waals surface area contributed by atoms with E-state index in [2.05, 4.69) is 205 Å². The van der Waals surface area contributed by atoms with Crippen molar-refractivity contribution in [1.82, 2.24) is 9.13 Å². The summed E-state index contributed by atoms with van der Waals surface area (Å²) in [6, 6.07) is 67.0. The number of benzene rings is 8. The maximum Gasteiger partial charge on any atom is 0.0562 e. The van der Waals surface area contributed by atoms with Gasteiger partial charge in [-0.3, -0.25) is 0 Å². The lowest BCUT2D eigenvalue weighted by Gasteiger charge is -2.22. The highest BCUT2D eigenvalue weighted by atomic mass is 15.0. The zero-order valence-corrected chi connectivity index (χ0v) is 29.7. The Morgan fingerprint density at radius 2 is 0.792 bits per heavy atom. The SMILES string of the molecule is CC1(C)c2ccccc2-c2ccc(-n3c4ccccc4c4cc5c6ccccc6n(-c6ccc(-c7ccc(-c8ccccc8)cc7)cc6)c5cc43)cc21. The predicted molar refractivity (Wildman–Crippen MR) is 224 cm³/mol. The number of hydrogen-bond acceptors (Lipinski definition) is 0. The summed E-state index contributed by atoms with van der Waals surface area (Å²) in [5, 5.41) is 5.07. The van der Waals surface area contributed by atoms with E-state index in [0.29, 0.717) is 0 Å². The van der Waals surface area contributed by atoms with Gasteiger partial charge >= 0.3 is 0 Å². The summed E-state index contributed by atoms with van der Waals surface area (Å²) >= 11 is 0.